The number of hydrogen-bond donors (Lipinski definition) is 1. The van der Waals surface area contributed by atoms with E-state index in [2.05, 4.69) is 29.5 Å². The maximum atomic E-state index is 5.87. The maximum absolute atomic E-state index is 5.87. The number of benzene rings is 1. The van der Waals surface area contributed by atoms with Crippen molar-refractivity contribution in [1.29, 1.82) is 0 Å². The summed E-state index contributed by atoms with van der Waals surface area (Å²) in [5, 5.41) is 0. The number of nitrogen functional groups attached to an aromatic ring is 1. The Morgan fingerprint density at radius 3 is 2.86 bits per heavy atom. The Morgan fingerprint density at radius 1 is 1.24 bits per heavy atom. The van der Waals surface area contributed by atoms with Gasteiger partial charge in [-0.1, -0.05) is 6.92 Å². The minimum absolute atomic E-state index is 0.757. The Kier molecular flexibility index (Phi) is 3.60. The largest absolute Gasteiger partial charge is 0.399 e. The number of rotatable bonds is 4. The van der Waals surface area contributed by atoms with E-state index in [9.17, 15) is 0 Å². The number of imidazole rings is 1. The van der Waals surface area contributed by atoms with Crippen LogP contribution in [0.1, 0.15) is 30.3 Å². The van der Waals surface area contributed by atoms with E-state index < -0.39 is 0 Å². The van der Waals surface area contributed by atoms with Crippen molar-refractivity contribution < 1.29 is 0 Å². The Balaban J connectivity index is 2.11. The Labute approximate surface area is 124 Å². The van der Waals surface area contributed by atoms with E-state index in [4.69, 9.17) is 10.7 Å². The minimum atomic E-state index is 0.757. The van der Waals surface area contributed by atoms with Gasteiger partial charge in [-0.3, -0.25) is 4.98 Å². The van der Waals surface area contributed by atoms with Crippen molar-refractivity contribution in [2.75, 3.05) is 5.73 Å². The van der Waals surface area contributed by atoms with Gasteiger partial charge < -0.3 is 10.3 Å². The lowest BCUT2D eigenvalue weighted by molar-refractivity contribution is 0.717. The van der Waals surface area contributed by atoms with Crippen molar-refractivity contribution in [3.05, 3.63) is 53.6 Å². The summed E-state index contributed by atoms with van der Waals surface area (Å²) in [5.41, 5.74) is 11.2. The molecular weight excluding hydrogens is 260 g/mol. The summed E-state index contributed by atoms with van der Waals surface area (Å²) in [4.78, 5) is 8.99. The van der Waals surface area contributed by atoms with Crippen molar-refractivity contribution in [2.24, 2.45) is 0 Å². The van der Waals surface area contributed by atoms with Crippen molar-refractivity contribution in [1.82, 2.24) is 14.5 Å². The highest BCUT2D eigenvalue weighted by Gasteiger charge is 2.11. The Morgan fingerprint density at radius 2 is 2.10 bits per heavy atom. The third-order valence-corrected chi connectivity index (χ3v) is 3.80. The summed E-state index contributed by atoms with van der Waals surface area (Å²) >= 11 is 0. The fourth-order valence-corrected chi connectivity index (χ4v) is 2.62. The molecule has 0 unspecified atom stereocenters. The molecule has 0 saturated heterocycles. The van der Waals surface area contributed by atoms with Crippen molar-refractivity contribution in [2.45, 2.75) is 33.2 Å². The average Bonchev–Trinajstić information content (AvgIpc) is 2.79. The smallest absolute Gasteiger partial charge is 0.110 e. The van der Waals surface area contributed by atoms with Crippen LogP contribution in [0.15, 0.2) is 36.7 Å². The molecule has 0 amide bonds. The van der Waals surface area contributed by atoms with Gasteiger partial charge in [0.05, 0.1) is 17.6 Å². The molecule has 2 aromatic heterocycles. The lowest BCUT2D eigenvalue weighted by atomic mass is 10.1. The van der Waals surface area contributed by atoms with Crippen LogP contribution in [0.4, 0.5) is 5.69 Å². The molecule has 4 nitrogen and oxygen atoms in total. The van der Waals surface area contributed by atoms with E-state index >= 15 is 0 Å². The normalized spacial score (nSPS) is 11.1. The summed E-state index contributed by atoms with van der Waals surface area (Å²) in [6.07, 6.45) is 5.81. The molecule has 4 heteroatoms. The zero-order valence-corrected chi connectivity index (χ0v) is 12.5. The molecule has 0 aliphatic rings. The van der Waals surface area contributed by atoms with E-state index in [1.807, 2.05) is 30.6 Å². The molecule has 2 heterocycles. The van der Waals surface area contributed by atoms with Crippen LogP contribution in [0, 0.1) is 6.92 Å². The first-order valence-electron chi connectivity index (χ1n) is 7.33. The van der Waals surface area contributed by atoms with E-state index in [0.29, 0.717) is 0 Å². The molecular formula is C17H20N4. The topological polar surface area (TPSA) is 56.7 Å². The molecule has 0 atom stereocenters. The number of anilines is 1. The second-order valence-corrected chi connectivity index (χ2v) is 5.41. The fraction of sp³-hybridized carbons (Fsp3) is 0.294. The number of aryl methyl sites for hydroxylation is 2. The molecule has 3 aromatic rings. The van der Waals surface area contributed by atoms with Gasteiger partial charge in [-0.2, -0.15) is 0 Å². The van der Waals surface area contributed by atoms with Crippen LogP contribution in [0.25, 0.3) is 11.0 Å². The van der Waals surface area contributed by atoms with Crippen LogP contribution in [0.2, 0.25) is 0 Å². The molecule has 108 valence electrons. The number of fused-ring (bicyclic) bond motifs is 1. The number of hydrogen-bond acceptors (Lipinski definition) is 3. The third-order valence-electron chi connectivity index (χ3n) is 3.80. The lowest BCUT2D eigenvalue weighted by Crippen LogP contribution is -2.06. The summed E-state index contributed by atoms with van der Waals surface area (Å²) in [6, 6.07) is 7.99. The van der Waals surface area contributed by atoms with E-state index in [1.54, 1.807) is 0 Å². The third kappa shape index (κ3) is 2.61. The van der Waals surface area contributed by atoms with Gasteiger partial charge in [0.1, 0.15) is 5.82 Å². The molecule has 2 N–H and O–H groups in total. The van der Waals surface area contributed by atoms with Crippen LogP contribution < -0.4 is 5.73 Å². The van der Waals surface area contributed by atoms with Gasteiger partial charge in [0.25, 0.3) is 0 Å². The van der Waals surface area contributed by atoms with Crippen molar-refractivity contribution >= 4 is 16.7 Å². The van der Waals surface area contributed by atoms with E-state index in [1.165, 1.54) is 11.1 Å². The molecule has 0 saturated carbocycles. The average molecular weight is 280 g/mol. The highest BCUT2D eigenvalue weighted by Crippen LogP contribution is 2.22. The van der Waals surface area contributed by atoms with Gasteiger partial charge in [0.2, 0.25) is 0 Å². The van der Waals surface area contributed by atoms with Gasteiger partial charge >= 0.3 is 0 Å². The van der Waals surface area contributed by atoms with Crippen LogP contribution in [-0.4, -0.2) is 14.5 Å². The number of pyridine rings is 1. The molecule has 0 aliphatic heterocycles. The SMILES string of the molecule is CCCc1nc2cc(N)ccc2n1Cc1cnccc1C. The highest BCUT2D eigenvalue weighted by atomic mass is 15.1. The molecule has 21 heavy (non-hydrogen) atoms. The van der Waals surface area contributed by atoms with Crippen LogP contribution in [-0.2, 0) is 13.0 Å². The zero-order chi connectivity index (χ0) is 14.8. The van der Waals surface area contributed by atoms with Gasteiger partial charge in [0.15, 0.2) is 0 Å². The molecule has 0 radical (unpaired) electrons. The van der Waals surface area contributed by atoms with Gasteiger partial charge in [-0.15, -0.1) is 0 Å². The molecule has 0 bridgehead atoms. The second kappa shape index (κ2) is 5.56. The zero-order valence-electron chi connectivity index (χ0n) is 12.5. The van der Waals surface area contributed by atoms with Gasteiger partial charge in [-0.25, -0.2) is 4.98 Å². The first kappa shape index (κ1) is 13.6. The maximum Gasteiger partial charge on any atom is 0.110 e. The molecule has 0 aliphatic carbocycles. The number of nitrogens with two attached hydrogens (primary N) is 1. The predicted octanol–water partition coefficient (Wildman–Crippen LogP) is 3.32. The Bertz CT molecular complexity index is 774. The molecule has 1 aromatic carbocycles. The standard InChI is InChI=1S/C17H20N4/c1-3-4-17-20-15-9-14(18)5-6-16(15)21(17)11-13-10-19-8-7-12(13)2/h5-10H,3-4,11,18H2,1-2H3. The number of nitrogens with zero attached hydrogens (tertiary/aromatic N) is 3. The van der Waals surface area contributed by atoms with Crippen LogP contribution in [0.5, 0.6) is 0 Å². The second-order valence-electron chi connectivity index (χ2n) is 5.41. The number of aromatic nitrogens is 3. The summed E-state index contributed by atoms with van der Waals surface area (Å²) in [6.45, 7) is 5.09. The lowest BCUT2D eigenvalue weighted by Gasteiger charge is -2.10. The van der Waals surface area contributed by atoms with Crippen LogP contribution in [0.3, 0.4) is 0 Å². The predicted molar refractivity (Wildman–Crippen MR) is 86.2 cm³/mol. The highest BCUT2D eigenvalue weighted by molar-refractivity contribution is 5.79. The first-order chi connectivity index (χ1) is 10.2. The summed E-state index contributed by atoms with van der Waals surface area (Å²) in [7, 11) is 0. The molecule has 3 rings (SSSR count). The summed E-state index contributed by atoms with van der Waals surface area (Å²) < 4.78 is 2.28. The fourth-order valence-electron chi connectivity index (χ4n) is 2.62. The van der Waals surface area contributed by atoms with E-state index in [0.717, 1.165) is 41.9 Å². The van der Waals surface area contributed by atoms with Crippen molar-refractivity contribution in [3.8, 4) is 0 Å². The van der Waals surface area contributed by atoms with Crippen molar-refractivity contribution in [3.63, 3.8) is 0 Å². The molecule has 0 spiro atoms. The van der Waals surface area contributed by atoms with Crippen LogP contribution >= 0.6 is 0 Å². The first-order valence-corrected chi connectivity index (χ1v) is 7.33. The molecule has 0 fully saturated rings. The Hall–Kier alpha value is -2.36. The quantitative estimate of drug-likeness (QED) is 0.746. The monoisotopic (exact) mass is 280 g/mol. The van der Waals surface area contributed by atoms with Gasteiger partial charge in [-0.05, 0) is 48.7 Å². The summed E-state index contributed by atoms with van der Waals surface area (Å²) in [5.74, 6) is 1.11. The van der Waals surface area contributed by atoms with E-state index in [-0.39, 0.29) is 0 Å². The van der Waals surface area contributed by atoms with Gasteiger partial charge in [0, 0.05) is 24.5 Å². The minimum Gasteiger partial charge on any atom is -0.399 e.